The Bertz CT molecular complexity index is 322. The quantitative estimate of drug-likeness (QED) is 0.794. The molecule has 1 aliphatic carbocycles. The molecule has 1 saturated carbocycles. The Morgan fingerprint density at radius 2 is 2.29 bits per heavy atom. The van der Waals surface area contributed by atoms with Crippen molar-refractivity contribution >= 4 is 0 Å². The summed E-state index contributed by atoms with van der Waals surface area (Å²) in [5, 5.41) is 0. The van der Waals surface area contributed by atoms with E-state index in [1.54, 1.807) is 7.11 Å². The Kier molecular flexibility index (Phi) is 2.46. The SMILES string of the molecule is COc1cccc([C@@H]2C[C@H]2[C@H](C)N)c1. The zero-order valence-corrected chi connectivity index (χ0v) is 8.73. The van der Waals surface area contributed by atoms with Crippen LogP contribution in [0.25, 0.3) is 0 Å². The molecule has 2 N–H and O–H groups in total. The molecule has 1 aromatic carbocycles. The third kappa shape index (κ3) is 1.75. The van der Waals surface area contributed by atoms with Crippen molar-refractivity contribution in [3.05, 3.63) is 29.8 Å². The predicted octanol–water partition coefficient (Wildman–Crippen LogP) is 2.15. The number of benzene rings is 1. The fraction of sp³-hybridized carbons (Fsp3) is 0.500. The van der Waals surface area contributed by atoms with Gasteiger partial charge in [-0.25, -0.2) is 0 Å². The number of nitrogens with two attached hydrogens (primary N) is 1. The van der Waals surface area contributed by atoms with E-state index in [2.05, 4.69) is 19.1 Å². The zero-order valence-electron chi connectivity index (χ0n) is 8.73. The Morgan fingerprint density at radius 1 is 1.50 bits per heavy atom. The molecule has 2 heteroatoms. The lowest BCUT2D eigenvalue weighted by Gasteiger charge is -2.05. The molecule has 1 fully saturated rings. The van der Waals surface area contributed by atoms with E-state index in [1.807, 2.05) is 12.1 Å². The van der Waals surface area contributed by atoms with Gasteiger partial charge in [-0.1, -0.05) is 12.1 Å². The molecule has 0 radical (unpaired) electrons. The second-order valence-electron chi connectivity index (χ2n) is 4.14. The first kappa shape index (κ1) is 9.53. The highest BCUT2D eigenvalue weighted by molar-refractivity contribution is 5.34. The topological polar surface area (TPSA) is 35.2 Å². The first-order valence-electron chi connectivity index (χ1n) is 5.12. The molecule has 0 spiro atoms. The van der Waals surface area contributed by atoms with Crippen LogP contribution in [0.1, 0.15) is 24.8 Å². The van der Waals surface area contributed by atoms with Crippen LogP contribution in [-0.4, -0.2) is 13.2 Å². The number of rotatable bonds is 3. The van der Waals surface area contributed by atoms with Crippen LogP contribution >= 0.6 is 0 Å². The molecule has 0 aliphatic heterocycles. The minimum Gasteiger partial charge on any atom is -0.497 e. The molecule has 0 saturated heterocycles. The fourth-order valence-electron chi connectivity index (χ4n) is 2.05. The largest absolute Gasteiger partial charge is 0.497 e. The van der Waals surface area contributed by atoms with Gasteiger partial charge in [0.2, 0.25) is 0 Å². The van der Waals surface area contributed by atoms with E-state index in [9.17, 15) is 0 Å². The molecule has 0 heterocycles. The summed E-state index contributed by atoms with van der Waals surface area (Å²) in [6.45, 7) is 2.09. The van der Waals surface area contributed by atoms with Crippen LogP contribution in [0.3, 0.4) is 0 Å². The first-order valence-corrected chi connectivity index (χ1v) is 5.12. The van der Waals surface area contributed by atoms with Gasteiger partial charge >= 0.3 is 0 Å². The van der Waals surface area contributed by atoms with E-state index in [4.69, 9.17) is 10.5 Å². The predicted molar refractivity (Wildman–Crippen MR) is 57.5 cm³/mol. The average molecular weight is 191 g/mol. The van der Waals surface area contributed by atoms with Gasteiger partial charge in [-0.15, -0.1) is 0 Å². The van der Waals surface area contributed by atoms with Crippen molar-refractivity contribution in [2.24, 2.45) is 11.7 Å². The summed E-state index contributed by atoms with van der Waals surface area (Å²) in [5.74, 6) is 2.27. The van der Waals surface area contributed by atoms with Crippen LogP contribution in [0.2, 0.25) is 0 Å². The van der Waals surface area contributed by atoms with Gasteiger partial charge in [0.25, 0.3) is 0 Å². The van der Waals surface area contributed by atoms with Crippen molar-refractivity contribution in [3.63, 3.8) is 0 Å². The first-order chi connectivity index (χ1) is 6.72. The maximum Gasteiger partial charge on any atom is 0.119 e. The molecule has 3 atom stereocenters. The average Bonchev–Trinajstić information content (AvgIpc) is 2.97. The summed E-state index contributed by atoms with van der Waals surface area (Å²) < 4.78 is 5.20. The van der Waals surface area contributed by atoms with Crippen molar-refractivity contribution in [2.45, 2.75) is 25.3 Å². The van der Waals surface area contributed by atoms with Crippen LogP contribution in [0.4, 0.5) is 0 Å². The van der Waals surface area contributed by atoms with Crippen LogP contribution in [0.15, 0.2) is 24.3 Å². The van der Waals surface area contributed by atoms with Gasteiger partial charge in [0.05, 0.1) is 7.11 Å². The van der Waals surface area contributed by atoms with Crippen LogP contribution in [0.5, 0.6) is 5.75 Å². The third-order valence-corrected chi connectivity index (χ3v) is 3.04. The molecule has 0 amide bonds. The van der Waals surface area contributed by atoms with Gasteiger partial charge in [-0.2, -0.15) is 0 Å². The molecule has 1 aromatic rings. The molecule has 1 aliphatic rings. The molecular weight excluding hydrogens is 174 g/mol. The van der Waals surface area contributed by atoms with Crippen molar-refractivity contribution < 1.29 is 4.74 Å². The number of ether oxygens (including phenoxy) is 1. The Balaban J connectivity index is 2.11. The van der Waals surface area contributed by atoms with Crippen molar-refractivity contribution in [3.8, 4) is 5.75 Å². The Labute approximate surface area is 85.1 Å². The van der Waals surface area contributed by atoms with Crippen LogP contribution < -0.4 is 10.5 Å². The standard InChI is InChI=1S/C12H17NO/c1-8(13)11-7-12(11)9-4-3-5-10(6-9)14-2/h3-6,8,11-12H,7,13H2,1-2H3/t8-,11-,12-/m0/s1. The fourth-order valence-corrected chi connectivity index (χ4v) is 2.05. The summed E-state index contributed by atoms with van der Waals surface area (Å²) in [6.07, 6.45) is 1.23. The van der Waals surface area contributed by atoms with Gasteiger partial charge in [0, 0.05) is 6.04 Å². The maximum absolute atomic E-state index is 5.86. The highest BCUT2D eigenvalue weighted by Gasteiger charge is 2.40. The van der Waals surface area contributed by atoms with Crippen LogP contribution in [-0.2, 0) is 0 Å². The van der Waals surface area contributed by atoms with Crippen molar-refractivity contribution in [1.29, 1.82) is 0 Å². The van der Waals surface area contributed by atoms with Crippen LogP contribution in [0, 0.1) is 5.92 Å². The molecule has 76 valence electrons. The molecule has 2 nitrogen and oxygen atoms in total. The van der Waals surface area contributed by atoms with Gasteiger partial charge < -0.3 is 10.5 Å². The number of methoxy groups -OCH3 is 1. The Hall–Kier alpha value is -1.02. The zero-order chi connectivity index (χ0) is 10.1. The summed E-state index contributed by atoms with van der Waals surface area (Å²) in [7, 11) is 1.70. The minimum absolute atomic E-state index is 0.311. The normalized spacial score (nSPS) is 27.1. The lowest BCUT2D eigenvalue weighted by atomic mass is 10.1. The van der Waals surface area contributed by atoms with E-state index in [0.717, 1.165) is 5.75 Å². The van der Waals surface area contributed by atoms with E-state index in [0.29, 0.717) is 17.9 Å². The summed E-state index contributed by atoms with van der Waals surface area (Å²) in [4.78, 5) is 0. The molecule has 0 aromatic heterocycles. The lowest BCUT2D eigenvalue weighted by Crippen LogP contribution is -2.17. The molecule has 14 heavy (non-hydrogen) atoms. The van der Waals surface area contributed by atoms with E-state index >= 15 is 0 Å². The third-order valence-electron chi connectivity index (χ3n) is 3.04. The second-order valence-corrected chi connectivity index (χ2v) is 4.14. The smallest absolute Gasteiger partial charge is 0.119 e. The van der Waals surface area contributed by atoms with Gasteiger partial charge in [-0.05, 0) is 42.9 Å². The van der Waals surface area contributed by atoms with Gasteiger partial charge in [0.1, 0.15) is 5.75 Å². The second kappa shape index (κ2) is 3.62. The summed E-state index contributed by atoms with van der Waals surface area (Å²) >= 11 is 0. The highest BCUT2D eigenvalue weighted by Crippen LogP contribution is 2.49. The van der Waals surface area contributed by atoms with Gasteiger partial charge in [0.15, 0.2) is 0 Å². The van der Waals surface area contributed by atoms with E-state index in [-0.39, 0.29) is 0 Å². The summed E-state index contributed by atoms with van der Waals surface area (Å²) in [6, 6.07) is 8.62. The maximum atomic E-state index is 5.86. The number of hydrogen-bond acceptors (Lipinski definition) is 2. The molecule has 0 unspecified atom stereocenters. The minimum atomic E-state index is 0.311. The summed E-state index contributed by atoms with van der Waals surface area (Å²) in [5.41, 5.74) is 7.23. The van der Waals surface area contributed by atoms with Gasteiger partial charge in [-0.3, -0.25) is 0 Å². The monoisotopic (exact) mass is 191 g/mol. The molecule has 2 rings (SSSR count). The molecular formula is C12H17NO. The van der Waals surface area contributed by atoms with Crippen molar-refractivity contribution in [2.75, 3.05) is 7.11 Å². The van der Waals surface area contributed by atoms with Crippen molar-refractivity contribution in [1.82, 2.24) is 0 Å². The van der Waals surface area contributed by atoms with E-state index < -0.39 is 0 Å². The molecule has 0 bridgehead atoms. The lowest BCUT2D eigenvalue weighted by molar-refractivity contribution is 0.414. The highest BCUT2D eigenvalue weighted by atomic mass is 16.5. The number of hydrogen-bond donors (Lipinski definition) is 1. The van der Waals surface area contributed by atoms with E-state index in [1.165, 1.54) is 12.0 Å². The Morgan fingerprint density at radius 3 is 2.86 bits per heavy atom.